The van der Waals surface area contributed by atoms with Gasteiger partial charge in [-0.1, -0.05) is 6.07 Å². The van der Waals surface area contributed by atoms with Gasteiger partial charge in [0.15, 0.2) is 0 Å². The van der Waals surface area contributed by atoms with E-state index in [1.807, 2.05) is 0 Å². The molecule has 0 aliphatic heterocycles. The minimum atomic E-state index is -1.20. The van der Waals surface area contributed by atoms with E-state index in [0.717, 1.165) is 6.07 Å². The number of carboxylic acids is 1. The third-order valence-electron chi connectivity index (χ3n) is 2.13. The van der Waals surface area contributed by atoms with Crippen LogP contribution in [0.3, 0.4) is 0 Å². The van der Waals surface area contributed by atoms with E-state index in [0.29, 0.717) is 5.39 Å². The van der Waals surface area contributed by atoms with Gasteiger partial charge in [-0.2, -0.15) is 0 Å². The number of pyridine rings is 1. The van der Waals surface area contributed by atoms with E-state index in [2.05, 4.69) is 4.98 Å². The smallest absolute Gasteiger partial charge is 0.335 e. The van der Waals surface area contributed by atoms with Crippen LogP contribution in [0.25, 0.3) is 10.9 Å². The molecule has 80 valence electrons. The summed E-state index contributed by atoms with van der Waals surface area (Å²) in [6.45, 7) is 0. The standard InChI is InChI=1S/C10H6N2O4/c13-10(14)7-4-6-2-1-3-11-9(6)8(5-7)12(15)16/h1-5H,(H,13,14). The quantitative estimate of drug-likeness (QED) is 0.613. The van der Waals surface area contributed by atoms with Crippen LogP contribution in [0.2, 0.25) is 0 Å². The topological polar surface area (TPSA) is 93.3 Å². The summed E-state index contributed by atoms with van der Waals surface area (Å²) < 4.78 is 0. The molecule has 1 heterocycles. The number of carboxylic acid groups (broad SMARTS) is 1. The highest BCUT2D eigenvalue weighted by atomic mass is 16.6. The van der Waals surface area contributed by atoms with Crippen LogP contribution in [-0.2, 0) is 0 Å². The molecule has 0 atom stereocenters. The lowest BCUT2D eigenvalue weighted by Crippen LogP contribution is -1.99. The first-order valence-electron chi connectivity index (χ1n) is 4.36. The number of hydrogen-bond acceptors (Lipinski definition) is 4. The first-order valence-corrected chi connectivity index (χ1v) is 4.36. The van der Waals surface area contributed by atoms with Gasteiger partial charge in [-0.05, 0) is 12.1 Å². The normalized spacial score (nSPS) is 10.2. The predicted octanol–water partition coefficient (Wildman–Crippen LogP) is 1.84. The zero-order chi connectivity index (χ0) is 11.7. The molecule has 16 heavy (non-hydrogen) atoms. The average Bonchev–Trinajstić information content (AvgIpc) is 2.27. The first-order chi connectivity index (χ1) is 7.59. The van der Waals surface area contributed by atoms with Crippen LogP contribution in [0.1, 0.15) is 10.4 Å². The Morgan fingerprint density at radius 2 is 2.19 bits per heavy atom. The number of non-ortho nitro benzene ring substituents is 1. The van der Waals surface area contributed by atoms with Crippen molar-refractivity contribution in [3.05, 3.63) is 46.1 Å². The molecule has 2 rings (SSSR count). The molecule has 0 amide bonds. The fourth-order valence-electron chi connectivity index (χ4n) is 1.44. The molecular weight excluding hydrogens is 212 g/mol. The maximum Gasteiger partial charge on any atom is 0.335 e. The molecule has 0 bridgehead atoms. The summed E-state index contributed by atoms with van der Waals surface area (Å²) in [5.41, 5.74) is -0.222. The fraction of sp³-hybridized carbons (Fsp3) is 0. The summed E-state index contributed by atoms with van der Waals surface area (Å²) in [6.07, 6.45) is 1.43. The van der Waals surface area contributed by atoms with Crippen LogP contribution >= 0.6 is 0 Å². The number of aromatic carboxylic acids is 1. The van der Waals surface area contributed by atoms with Gasteiger partial charge in [0.05, 0.1) is 10.5 Å². The molecule has 2 aromatic rings. The Kier molecular flexibility index (Phi) is 2.24. The molecule has 1 aromatic carbocycles. The van der Waals surface area contributed by atoms with Crippen molar-refractivity contribution in [1.29, 1.82) is 0 Å². The van der Waals surface area contributed by atoms with Crippen LogP contribution in [0, 0.1) is 10.1 Å². The molecule has 6 heteroatoms. The van der Waals surface area contributed by atoms with Crippen molar-refractivity contribution in [3.8, 4) is 0 Å². The summed E-state index contributed by atoms with van der Waals surface area (Å²) in [4.78, 5) is 24.8. The van der Waals surface area contributed by atoms with E-state index in [-0.39, 0.29) is 16.8 Å². The Labute approximate surface area is 89.3 Å². The highest BCUT2D eigenvalue weighted by molar-refractivity contribution is 5.97. The highest BCUT2D eigenvalue weighted by Gasteiger charge is 2.17. The third-order valence-corrected chi connectivity index (χ3v) is 2.13. The maximum atomic E-state index is 10.8. The summed E-state index contributed by atoms with van der Waals surface area (Å²) >= 11 is 0. The Morgan fingerprint density at radius 3 is 2.81 bits per heavy atom. The lowest BCUT2D eigenvalue weighted by molar-refractivity contribution is -0.383. The summed E-state index contributed by atoms with van der Waals surface area (Å²) in [5.74, 6) is -1.20. The van der Waals surface area contributed by atoms with Crippen molar-refractivity contribution in [1.82, 2.24) is 4.98 Å². The van der Waals surface area contributed by atoms with Gasteiger partial charge < -0.3 is 5.11 Å². The monoisotopic (exact) mass is 218 g/mol. The second-order valence-electron chi connectivity index (χ2n) is 3.13. The van der Waals surface area contributed by atoms with Gasteiger partial charge in [0, 0.05) is 17.6 Å². The van der Waals surface area contributed by atoms with Gasteiger partial charge in [0.1, 0.15) is 5.52 Å². The third kappa shape index (κ3) is 1.56. The molecule has 0 aliphatic carbocycles. The average molecular weight is 218 g/mol. The number of rotatable bonds is 2. The Morgan fingerprint density at radius 1 is 1.44 bits per heavy atom. The molecule has 6 nitrogen and oxygen atoms in total. The molecule has 0 spiro atoms. The van der Waals surface area contributed by atoms with Crippen molar-refractivity contribution in [2.75, 3.05) is 0 Å². The van der Waals surface area contributed by atoms with E-state index in [9.17, 15) is 14.9 Å². The molecule has 0 fully saturated rings. The SMILES string of the molecule is O=C(O)c1cc([N+](=O)[O-])c2ncccc2c1. The van der Waals surface area contributed by atoms with Crippen molar-refractivity contribution >= 4 is 22.6 Å². The van der Waals surface area contributed by atoms with Crippen molar-refractivity contribution in [2.24, 2.45) is 0 Å². The molecule has 0 radical (unpaired) electrons. The van der Waals surface area contributed by atoms with Crippen molar-refractivity contribution in [2.45, 2.75) is 0 Å². The first kappa shape index (κ1) is 10.0. The van der Waals surface area contributed by atoms with Gasteiger partial charge in [-0.3, -0.25) is 10.1 Å². The Balaban J connectivity index is 2.84. The van der Waals surface area contributed by atoms with Crippen LogP contribution in [0.15, 0.2) is 30.5 Å². The van der Waals surface area contributed by atoms with E-state index < -0.39 is 10.9 Å². The number of nitro benzene ring substituents is 1. The lowest BCUT2D eigenvalue weighted by Gasteiger charge is -2.00. The van der Waals surface area contributed by atoms with Crippen LogP contribution < -0.4 is 0 Å². The van der Waals surface area contributed by atoms with Crippen molar-refractivity contribution in [3.63, 3.8) is 0 Å². The summed E-state index contributed by atoms with van der Waals surface area (Å²) in [5, 5.41) is 20.0. The van der Waals surface area contributed by atoms with E-state index >= 15 is 0 Å². The van der Waals surface area contributed by atoms with Crippen LogP contribution in [0.5, 0.6) is 0 Å². The fourth-order valence-corrected chi connectivity index (χ4v) is 1.44. The molecule has 1 N–H and O–H groups in total. The van der Waals surface area contributed by atoms with Gasteiger partial charge in [-0.15, -0.1) is 0 Å². The van der Waals surface area contributed by atoms with Gasteiger partial charge in [-0.25, -0.2) is 9.78 Å². The van der Waals surface area contributed by atoms with Gasteiger partial charge in [0.25, 0.3) is 5.69 Å². The summed E-state index contributed by atoms with van der Waals surface area (Å²) in [7, 11) is 0. The predicted molar refractivity (Wildman–Crippen MR) is 55.4 cm³/mol. The molecular formula is C10H6N2O4. The largest absolute Gasteiger partial charge is 0.478 e. The van der Waals surface area contributed by atoms with Crippen molar-refractivity contribution < 1.29 is 14.8 Å². The lowest BCUT2D eigenvalue weighted by atomic mass is 10.1. The number of benzene rings is 1. The minimum absolute atomic E-state index is 0.118. The number of carbonyl (C=O) groups is 1. The number of nitrogens with zero attached hydrogens (tertiary/aromatic N) is 2. The van der Waals surface area contributed by atoms with Gasteiger partial charge in [0.2, 0.25) is 0 Å². The highest BCUT2D eigenvalue weighted by Crippen LogP contribution is 2.25. The zero-order valence-corrected chi connectivity index (χ0v) is 7.95. The molecule has 0 saturated heterocycles. The number of aromatic nitrogens is 1. The second kappa shape index (κ2) is 3.58. The number of hydrogen-bond donors (Lipinski definition) is 1. The molecule has 0 saturated carbocycles. The minimum Gasteiger partial charge on any atom is -0.478 e. The second-order valence-corrected chi connectivity index (χ2v) is 3.13. The van der Waals surface area contributed by atoms with E-state index in [1.54, 1.807) is 12.1 Å². The van der Waals surface area contributed by atoms with Crippen LogP contribution in [0.4, 0.5) is 5.69 Å². The zero-order valence-electron chi connectivity index (χ0n) is 7.95. The maximum absolute atomic E-state index is 10.8. The van der Waals surface area contributed by atoms with Gasteiger partial charge >= 0.3 is 5.97 Å². The Bertz CT molecular complexity index is 594. The van der Waals surface area contributed by atoms with Crippen LogP contribution in [-0.4, -0.2) is 21.0 Å². The van der Waals surface area contributed by atoms with E-state index in [1.165, 1.54) is 12.3 Å². The number of fused-ring (bicyclic) bond motifs is 1. The summed E-state index contributed by atoms with van der Waals surface area (Å²) in [6, 6.07) is 5.55. The van der Waals surface area contributed by atoms with E-state index in [4.69, 9.17) is 5.11 Å². The molecule has 0 unspecified atom stereocenters. The molecule has 0 aliphatic rings. The Hall–Kier alpha value is -2.50. The molecule has 1 aromatic heterocycles. The number of nitro groups is 1.